The standard InChI is InChI=1S/C6H10O4.H3NO3S.2H3N/c7-5(8)3-1-2-4-6(9)10;1-5(2,3)4;;/h1-4H2,(H,7,8)(H,9,10);(H3,1,2,3,4);2*1H3. The predicted molar refractivity (Wildman–Crippen MR) is 56.2 cm³/mol. The van der Waals surface area contributed by atoms with Crippen molar-refractivity contribution in [2.45, 2.75) is 25.7 Å². The minimum atomic E-state index is -4.17. The average Bonchev–Trinajstić information content (AvgIpc) is 1.94. The summed E-state index contributed by atoms with van der Waals surface area (Å²) < 4.78 is 25.2. The molecule has 17 heavy (non-hydrogen) atoms. The number of carbonyl (C=O) groups excluding carboxylic acids is 2. The van der Waals surface area contributed by atoms with Gasteiger partial charge in [-0.2, -0.15) is 8.42 Å². The van der Waals surface area contributed by atoms with E-state index in [0.29, 0.717) is 12.8 Å². The van der Waals surface area contributed by atoms with Crippen LogP contribution in [0.25, 0.3) is 0 Å². The largest absolute Gasteiger partial charge is 0.550 e. The second-order valence-electron chi connectivity index (χ2n) is 2.47. The summed E-state index contributed by atoms with van der Waals surface area (Å²) in [5.41, 5.74) is 0. The molecule has 11 heteroatoms. The van der Waals surface area contributed by atoms with Crippen LogP contribution in [0.15, 0.2) is 0 Å². The molecule has 10 nitrogen and oxygen atoms in total. The van der Waals surface area contributed by atoms with E-state index in [4.69, 9.17) is 13.0 Å². The fraction of sp³-hybridized carbons (Fsp3) is 0.667. The lowest BCUT2D eigenvalue weighted by Gasteiger charge is -2.01. The fourth-order valence-electron chi connectivity index (χ4n) is 0.539. The smallest absolute Gasteiger partial charge is 0.330 e. The lowest BCUT2D eigenvalue weighted by molar-refractivity contribution is -0.308. The van der Waals surface area contributed by atoms with Crippen LogP contribution in [-0.2, 0) is 19.9 Å². The molecule has 0 amide bonds. The zero-order valence-corrected chi connectivity index (χ0v) is 10.5. The van der Waals surface area contributed by atoms with Gasteiger partial charge in [0, 0.05) is 11.9 Å². The normalized spacial score (nSPS) is 8.82. The lowest BCUT2D eigenvalue weighted by Crippen LogP contribution is -2.23. The highest BCUT2D eigenvalue weighted by molar-refractivity contribution is 7.83. The SMILES string of the molecule is NS(=O)(=O)O.O=C([O-])CCCCC(=O)[O-].[NH4+].[NH4+]. The highest BCUT2D eigenvalue weighted by atomic mass is 32.2. The number of rotatable bonds is 5. The van der Waals surface area contributed by atoms with Crippen LogP contribution in [0.4, 0.5) is 0 Å². The third-order valence-corrected chi connectivity index (χ3v) is 1.01. The Bertz CT molecular complexity index is 279. The Hall–Kier alpha value is -1.27. The molecule has 0 fully saturated rings. The van der Waals surface area contributed by atoms with E-state index in [1.807, 2.05) is 0 Å². The van der Waals surface area contributed by atoms with Crippen molar-refractivity contribution in [2.24, 2.45) is 5.14 Å². The topological polar surface area (TPSA) is 234 Å². The summed E-state index contributed by atoms with van der Waals surface area (Å²) in [6.07, 6.45) is 0.535. The first-order chi connectivity index (χ1) is 6.63. The highest BCUT2D eigenvalue weighted by Gasteiger charge is 1.89. The number of unbranched alkanes of at least 4 members (excludes halogenated alkanes) is 1. The van der Waals surface area contributed by atoms with Crippen molar-refractivity contribution in [1.82, 2.24) is 12.3 Å². The molecule has 0 aliphatic carbocycles. The number of hydrogen-bond acceptors (Lipinski definition) is 6. The Morgan fingerprint density at radius 3 is 1.29 bits per heavy atom. The van der Waals surface area contributed by atoms with Gasteiger partial charge in [0.25, 0.3) is 0 Å². The molecule has 106 valence electrons. The van der Waals surface area contributed by atoms with E-state index in [1.165, 1.54) is 0 Å². The molecular weight excluding hydrogens is 258 g/mol. The monoisotopic (exact) mass is 277 g/mol. The summed E-state index contributed by atoms with van der Waals surface area (Å²) in [6, 6.07) is 0. The molecule has 11 N–H and O–H groups in total. The molecule has 0 aliphatic rings. The molecule has 0 atom stereocenters. The molecular formula is C6H19N3O7S. The van der Waals surface area contributed by atoms with Crippen LogP contribution >= 0.6 is 0 Å². The highest BCUT2D eigenvalue weighted by Crippen LogP contribution is 1.96. The van der Waals surface area contributed by atoms with Gasteiger partial charge >= 0.3 is 10.3 Å². The number of carboxylic acids is 2. The zero-order chi connectivity index (χ0) is 12.5. The van der Waals surface area contributed by atoms with E-state index in [0.717, 1.165) is 0 Å². The van der Waals surface area contributed by atoms with Gasteiger partial charge in [-0.1, -0.05) is 0 Å². The van der Waals surface area contributed by atoms with Crippen LogP contribution in [0.2, 0.25) is 0 Å². The van der Waals surface area contributed by atoms with E-state index >= 15 is 0 Å². The molecule has 0 rings (SSSR count). The van der Waals surface area contributed by atoms with Crippen LogP contribution in [-0.4, -0.2) is 24.9 Å². The van der Waals surface area contributed by atoms with Crippen molar-refractivity contribution in [3.8, 4) is 0 Å². The second-order valence-corrected chi connectivity index (χ2v) is 3.50. The molecule has 0 saturated heterocycles. The van der Waals surface area contributed by atoms with Gasteiger partial charge in [-0.3, -0.25) is 4.55 Å². The average molecular weight is 277 g/mol. The molecule has 0 bridgehead atoms. The lowest BCUT2D eigenvalue weighted by atomic mass is 10.2. The maximum atomic E-state index is 9.77. The summed E-state index contributed by atoms with van der Waals surface area (Å²) in [7, 11) is -4.17. The summed E-state index contributed by atoms with van der Waals surface area (Å²) in [5, 5.41) is 23.4. The number of quaternary nitrogens is 2. The molecule has 0 saturated carbocycles. The van der Waals surface area contributed by atoms with Crippen molar-refractivity contribution in [3.05, 3.63) is 0 Å². The van der Waals surface area contributed by atoms with Crippen molar-refractivity contribution in [1.29, 1.82) is 0 Å². The van der Waals surface area contributed by atoms with Crippen molar-refractivity contribution in [2.75, 3.05) is 0 Å². The van der Waals surface area contributed by atoms with E-state index in [-0.39, 0.29) is 25.1 Å². The first-order valence-electron chi connectivity index (χ1n) is 3.78. The summed E-state index contributed by atoms with van der Waals surface area (Å²) >= 11 is 0. The second kappa shape index (κ2) is 12.8. The number of hydrogen-bond donors (Lipinski definition) is 4. The van der Waals surface area contributed by atoms with Crippen LogP contribution in [0.1, 0.15) is 25.7 Å². The van der Waals surface area contributed by atoms with Gasteiger partial charge in [0.15, 0.2) is 0 Å². The first-order valence-corrected chi connectivity index (χ1v) is 5.28. The maximum absolute atomic E-state index is 9.77. The third-order valence-electron chi connectivity index (χ3n) is 1.01. The van der Waals surface area contributed by atoms with Gasteiger partial charge in [-0.05, 0) is 25.7 Å². The van der Waals surface area contributed by atoms with E-state index in [1.54, 1.807) is 0 Å². The summed E-state index contributed by atoms with van der Waals surface area (Å²) in [5.74, 6) is -2.28. The molecule has 0 heterocycles. The summed E-state index contributed by atoms with van der Waals surface area (Å²) in [4.78, 5) is 19.5. The van der Waals surface area contributed by atoms with Crippen LogP contribution in [0.3, 0.4) is 0 Å². The minimum Gasteiger partial charge on any atom is -0.550 e. The van der Waals surface area contributed by atoms with Gasteiger partial charge in [-0.25, -0.2) is 5.14 Å². The quantitative estimate of drug-likeness (QED) is 0.312. The van der Waals surface area contributed by atoms with E-state index in [9.17, 15) is 19.8 Å². The molecule has 0 aromatic rings. The van der Waals surface area contributed by atoms with Crippen molar-refractivity contribution < 1.29 is 32.8 Å². The van der Waals surface area contributed by atoms with Crippen molar-refractivity contribution >= 4 is 22.2 Å². The van der Waals surface area contributed by atoms with Crippen molar-refractivity contribution in [3.63, 3.8) is 0 Å². The number of nitrogens with two attached hydrogens (primary N) is 1. The van der Waals surface area contributed by atoms with E-state index in [2.05, 4.69) is 5.14 Å². The predicted octanol–water partition coefficient (Wildman–Crippen LogP) is -2.45. The van der Waals surface area contributed by atoms with Gasteiger partial charge in [0.2, 0.25) is 0 Å². The minimum absolute atomic E-state index is 0. The Kier molecular flexibility index (Phi) is 18.7. The first kappa shape index (κ1) is 24.8. The zero-order valence-electron chi connectivity index (χ0n) is 9.71. The molecule has 0 aromatic heterocycles. The molecule has 0 spiro atoms. The Morgan fingerprint density at radius 1 is 1.00 bits per heavy atom. The maximum Gasteiger partial charge on any atom is 0.330 e. The molecule has 0 aromatic carbocycles. The van der Waals surface area contributed by atoms with Crippen LogP contribution in [0.5, 0.6) is 0 Å². The third kappa shape index (κ3) is 72.7. The van der Waals surface area contributed by atoms with Gasteiger partial charge in [-0.15, -0.1) is 0 Å². The Labute approximate surface area is 98.9 Å². The molecule has 0 unspecified atom stereocenters. The molecule has 0 aliphatic heterocycles. The van der Waals surface area contributed by atoms with Crippen LogP contribution in [0, 0.1) is 0 Å². The number of aliphatic carboxylic acids is 2. The summed E-state index contributed by atoms with van der Waals surface area (Å²) in [6.45, 7) is 0. The number of carboxylic acid groups (broad SMARTS) is 2. The van der Waals surface area contributed by atoms with Crippen LogP contribution < -0.4 is 27.7 Å². The van der Waals surface area contributed by atoms with E-state index < -0.39 is 22.2 Å². The fourth-order valence-corrected chi connectivity index (χ4v) is 0.539. The Morgan fingerprint density at radius 2 is 1.18 bits per heavy atom. The molecule has 0 radical (unpaired) electrons. The van der Waals surface area contributed by atoms with Gasteiger partial charge in [0.1, 0.15) is 0 Å². The van der Waals surface area contributed by atoms with Gasteiger partial charge < -0.3 is 32.1 Å². The number of carbonyl (C=O) groups is 2. The Balaban J connectivity index is -0.000000105. The van der Waals surface area contributed by atoms with Gasteiger partial charge in [0.05, 0.1) is 0 Å².